The molecule has 0 saturated carbocycles. The maximum Gasteiger partial charge on any atom is 0.239 e. The smallest absolute Gasteiger partial charge is 0.239 e. The number of carbonyl (C=O) groups excluding carboxylic acids is 2. The van der Waals surface area contributed by atoms with Gasteiger partial charge in [0.15, 0.2) is 0 Å². The van der Waals surface area contributed by atoms with E-state index < -0.39 is 6.04 Å². The average molecular weight is 329 g/mol. The Balaban J connectivity index is 1.86. The molecule has 5 nitrogen and oxygen atoms in total. The quantitative estimate of drug-likeness (QED) is 0.899. The van der Waals surface area contributed by atoms with Crippen molar-refractivity contribution in [1.82, 2.24) is 9.80 Å². The summed E-state index contributed by atoms with van der Waals surface area (Å²) in [7, 11) is 0. The van der Waals surface area contributed by atoms with E-state index in [-0.39, 0.29) is 23.9 Å². The van der Waals surface area contributed by atoms with E-state index >= 15 is 0 Å². The Hall–Kier alpha value is -1.88. The predicted molar refractivity (Wildman–Crippen MR) is 93.1 cm³/mol. The van der Waals surface area contributed by atoms with E-state index in [1.165, 1.54) is 0 Å². The molecule has 1 aromatic carbocycles. The average Bonchev–Trinajstić information content (AvgIpc) is 3.23. The van der Waals surface area contributed by atoms with Crippen LogP contribution in [0.1, 0.15) is 50.6 Å². The van der Waals surface area contributed by atoms with Crippen molar-refractivity contribution in [3.8, 4) is 0 Å². The fraction of sp³-hybridized carbons (Fsp3) is 0.579. The van der Waals surface area contributed by atoms with Gasteiger partial charge < -0.3 is 10.6 Å². The largest absolute Gasteiger partial charge is 0.368 e. The van der Waals surface area contributed by atoms with Gasteiger partial charge in [-0.15, -0.1) is 0 Å². The summed E-state index contributed by atoms with van der Waals surface area (Å²) in [4.78, 5) is 28.8. The van der Waals surface area contributed by atoms with E-state index in [9.17, 15) is 9.59 Å². The first-order valence-electron chi connectivity index (χ1n) is 9.03. The summed E-state index contributed by atoms with van der Waals surface area (Å²) in [6.07, 6.45) is 4.68. The van der Waals surface area contributed by atoms with Crippen LogP contribution in [0.15, 0.2) is 30.3 Å². The summed E-state index contributed by atoms with van der Waals surface area (Å²) < 4.78 is 0. The molecule has 2 heterocycles. The van der Waals surface area contributed by atoms with Gasteiger partial charge in [-0.25, -0.2) is 0 Å². The van der Waals surface area contributed by atoms with E-state index in [0.717, 1.165) is 44.3 Å². The van der Waals surface area contributed by atoms with E-state index in [0.29, 0.717) is 6.42 Å². The second-order valence-corrected chi connectivity index (χ2v) is 6.81. The molecule has 2 fully saturated rings. The van der Waals surface area contributed by atoms with Crippen LogP contribution in [-0.4, -0.2) is 46.8 Å². The maximum absolute atomic E-state index is 12.3. The third-order valence-corrected chi connectivity index (χ3v) is 5.42. The fourth-order valence-electron chi connectivity index (χ4n) is 4.41. The summed E-state index contributed by atoms with van der Waals surface area (Å²) in [6, 6.07) is 9.80. The van der Waals surface area contributed by atoms with E-state index in [1.807, 2.05) is 42.2 Å². The molecule has 0 bridgehead atoms. The summed E-state index contributed by atoms with van der Waals surface area (Å²) in [5.41, 5.74) is 6.72. The standard InChI is InChI=1S/C19H27N3O2/c1-2-17(23)21-12-6-10-15(21)16-11-7-13-22(16)18(19(20)24)14-8-4-3-5-9-14/h3-5,8-9,15-16,18H,2,6-7,10-13H2,1H3,(H2,20,24). The summed E-state index contributed by atoms with van der Waals surface area (Å²) in [5.74, 6) is -0.0841. The first kappa shape index (κ1) is 17.0. The number of hydrogen-bond donors (Lipinski definition) is 1. The van der Waals surface area contributed by atoms with Gasteiger partial charge in [0, 0.05) is 25.0 Å². The van der Waals surface area contributed by atoms with Crippen LogP contribution in [0.2, 0.25) is 0 Å². The maximum atomic E-state index is 12.3. The SMILES string of the molecule is CCC(=O)N1CCCC1C1CCCN1C(C(N)=O)c1ccccc1. The van der Waals surface area contributed by atoms with Crippen molar-refractivity contribution >= 4 is 11.8 Å². The molecule has 0 aliphatic carbocycles. The van der Waals surface area contributed by atoms with Gasteiger partial charge in [-0.1, -0.05) is 37.3 Å². The van der Waals surface area contributed by atoms with Crippen molar-refractivity contribution in [2.24, 2.45) is 5.73 Å². The highest BCUT2D eigenvalue weighted by Crippen LogP contribution is 2.35. The summed E-state index contributed by atoms with van der Waals surface area (Å²) in [5, 5.41) is 0. The van der Waals surface area contributed by atoms with Gasteiger partial charge in [0.2, 0.25) is 11.8 Å². The molecular formula is C19H27N3O2. The Morgan fingerprint density at radius 3 is 2.46 bits per heavy atom. The van der Waals surface area contributed by atoms with Crippen molar-refractivity contribution in [1.29, 1.82) is 0 Å². The minimum Gasteiger partial charge on any atom is -0.368 e. The van der Waals surface area contributed by atoms with E-state index in [1.54, 1.807) is 0 Å². The van der Waals surface area contributed by atoms with Crippen molar-refractivity contribution in [3.05, 3.63) is 35.9 Å². The van der Waals surface area contributed by atoms with Gasteiger partial charge in [0.25, 0.3) is 0 Å². The molecule has 2 aliphatic rings. The first-order chi connectivity index (χ1) is 11.6. The number of rotatable bonds is 5. The summed E-state index contributed by atoms with van der Waals surface area (Å²) >= 11 is 0. The molecule has 130 valence electrons. The molecule has 0 aromatic heterocycles. The van der Waals surface area contributed by atoms with Crippen LogP contribution in [0.3, 0.4) is 0 Å². The van der Waals surface area contributed by atoms with Gasteiger partial charge in [-0.2, -0.15) is 0 Å². The highest BCUT2D eigenvalue weighted by molar-refractivity contribution is 5.81. The number of amides is 2. The molecule has 24 heavy (non-hydrogen) atoms. The molecule has 2 N–H and O–H groups in total. The lowest BCUT2D eigenvalue weighted by molar-refractivity contribution is -0.133. The van der Waals surface area contributed by atoms with Crippen LogP contribution in [0.5, 0.6) is 0 Å². The molecule has 3 rings (SSSR count). The van der Waals surface area contributed by atoms with Crippen LogP contribution in [0, 0.1) is 0 Å². The minimum absolute atomic E-state index is 0.213. The molecule has 0 spiro atoms. The number of likely N-dealkylation sites (tertiary alicyclic amines) is 2. The van der Waals surface area contributed by atoms with Gasteiger partial charge in [-0.3, -0.25) is 14.5 Å². The van der Waals surface area contributed by atoms with Crippen LogP contribution < -0.4 is 5.73 Å². The molecule has 3 unspecified atom stereocenters. The third-order valence-electron chi connectivity index (χ3n) is 5.42. The number of primary amides is 1. The van der Waals surface area contributed by atoms with Gasteiger partial charge in [-0.05, 0) is 37.8 Å². The number of benzene rings is 1. The van der Waals surface area contributed by atoms with Crippen LogP contribution in [-0.2, 0) is 9.59 Å². The molecule has 1 aromatic rings. The third kappa shape index (κ3) is 3.18. The zero-order chi connectivity index (χ0) is 17.1. The molecule has 2 saturated heterocycles. The Morgan fingerprint density at radius 2 is 1.79 bits per heavy atom. The normalized spacial score (nSPS) is 25.8. The predicted octanol–water partition coefficient (Wildman–Crippen LogP) is 2.08. The highest BCUT2D eigenvalue weighted by atomic mass is 16.2. The van der Waals surface area contributed by atoms with Crippen molar-refractivity contribution in [2.75, 3.05) is 13.1 Å². The number of nitrogens with two attached hydrogens (primary N) is 1. The number of carbonyl (C=O) groups is 2. The number of hydrogen-bond acceptors (Lipinski definition) is 3. The van der Waals surface area contributed by atoms with Crippen LogP contribution in [0.25, 0.3) is 0 Å². The molecule has 0 radical (unpaired) electrons. The van der Waals surface area contributed by atoms with Crippen LogP contribution >= 0.6 is 0 Å². The zero-order valence-corrected chi connectivity index (χ0v) is 14.4. The molecule has 3 atom stereocenters. The Morgan fingerprint density at radius 1 is 1.12 bits per heavy atom. The summed E-state index contributed by atoms with van der Waals surface area (Å²) in [6.45, 7) is 3.62. The molecular weight excluding hydrogens is 302 g/mol. The second-order valence-electron chi connectivity index (χ2n) is 6.81. The Kier molecular flexibility index (Phi) is 5.19. The van der Waals surface area contributed by atoms with Crippen molar-refractivity contribution < 1.29 is 9.59 Å². The van der Waals surface area contributed by atoms with Gasteiger partial charge in [0.05, 0.1) is 0 Å². The van der Waals surface area contributed by atoms with Gasteiger partial charge >= 0.3 is 0 Å². The monoisotopic (exact) mass is 329 g/mol. The zero-order valence-electron chi connectivity index (χ0n) is 14.4. The molecule has 5 heteroatoms. The topological polar surface area (TPSA) is 66.6 Å². The van der Waals surface area contributed by atoms with E-state index in [2.05, 4.69) is 4.90 Å². The number of nitrogens with zero attached hydrogens (tertiary/aromatic N) is 2. The lowest BCUT2D eigenvalue weighted by atomic mass is 9.98. The molecule has 2 aliphatic heterocycles. The fourth-order valence-corrected chi connectivity index (χ4v) is 4.41. The van der Waals surface area contributed by atoms with Gasteiger partial charge in [0.1, 0.15) is 6.04 Å². The minimum atomic E-state index is -0.405. The second kappa shape index (κ2) is 7.34. The lowest BCUT2D eigenvalue weighted by Crippen LogP contribution is -2.51. The lowest BCUT2D eigenvalue weighted by Gasteiger charge is -2.38. The van der Waals surface area contributed by atoms with Crippen molar-refractivity contribution in [2.45, 2.75) is 57.2 Å². The Bertz CT molecular complexity index is 590. The van der Waals surface area contributed by atoms with E-state index in [4.69, 9.17) is 5.73 Å². The highest BCUT2D eigenvalue weighted by Gasteiger charge is 2.43. The van der Waals surface area contributed by atoms with Crippen LogP contribution in [0.4, 0.5) is 0 Å². The van der Waals surface area contributed by atoms with Crippen molar-refractivity contribution in [3.63, 3.8) is 0 Å². The molecule has 2 amide bonds. The Labute approximate surface area is 143 Å². The first-order valence-corrected chi connectivity index (χ1v) is 9.03.